The number of ether oxygens (including phenoxy) is 3. The molecule has 2 amide bonds. The molecule has 3 aliphatic heterocycles. The average Bonchev–Trinajstić information content (AvgIpc) is 3.47. The van der Waals surface area contributed by atoms with Crippen LogP contribution in [0.3, 0.4) is 0 Å². The third-order valence-electron chi connectivity index (χ3n) is 6.08. The molecule has 2 saturated heterocycles. The Hall–Kier alpha value is -2.91. The van der Waals surface area contributed by atoms with Gasteiger partial charge in [-0.15, -0.1) is 0 Å². The van der Waals surface area contributed by atoms with Gasteiger partial charge in [0.2, 0.25) is 5.91 Å². The fourth-order valence-corrected chi connectivity index (χ4v) is 4.35. The Labute approximate surface area is 180 Å². The molecule has 3 aliphatic rings. The Morgan fingerprint density at radius 3 is 2.68 bits per heavy atom. The number of carbonyl (C=O) groups is 2. The van der Waals surface area contributed by atoms with E-state index in [4.69, 9.17) is 14.2 Å². The Morgan fingerprint density at radius 1 is 1.19 bits per heavy atom. The number of hydrogen-bond donors (Lipinski definition) is 1. The minimum atomic E-state index is -0.245. The lowest BCUT2D eigenvalue weighted by Crippen LogP contribution is -2.42. The first-order chi connectivity index (χ1) is 15.1. The number of hydrogen-bond acceptors (Lipinski definition) is 6. The number of amides is 2. The summed E-state index contributed by atoms with van der Waals surface area (Å²) in [6.45, 7) is 2.40. The summed E-state index contributed by atoms with van der Waals surface area (Å²) in [5.41, 5.74) is 2.66. The van der Waals surface area contributed by atoms with Gasteiger partial charge in [-0.2, -0.15) is 0 Å². The van der Waals surface area contributed by atoms with E-state index in [1.165, 1.54) is 11.8 Å². The van der Waals surface area contributed by atoms with Crippen LogP contribution in [0.1, 0.15) is 21.6 Å². The van der Waals surface area contributed by atoms with Crippen LogP contribution in [-0.2, 0) is 34.2 Å². The summed E-state index contributed by atoms with van der Waals surface area (Å²) in [5.74, 6) is 0.785. The van der Waals surface area contributed by atoms with Crippen molar-refractivity contribution in [2.75, 3.05) is 32.9 Å². The molecule has 0 aliphatic carbocycles. The van der Waals surface area contributed by atoms with Crippen LogP contribution in [0, 0.1) is 0 Å². The number of benzene rings is 1. The average molecular weight is 426 g/mol. The molecule has 1 aromatic heterocycles. The first-order valence-electron chi connectivity index (χ1n) is 10.6. The van der Waals surface area contributed by atoms with Crippen molar-refractivity contribution in [3.63, 3.8) is 0 Å². The van der Waals surface area contributed by atoms with Crippen LogP contribution in [0.15, 0.2) is 30.7 Å². The van der Waals surface area contributed by atoms with Gasteiger partial charge in [-0.1, -0.05) is 12.1 Å². The number of imidazole rings is 1. The van der Waals surface area contributed by atoms with Crippen LogP contribution >= 0.6 is 0 Å². The van der Waals surface area contributed by atoms with Crippen LogP contribution in [0.25, 0.3) is 0 Å². The normalized spacial score (nSPS) is 23.1. The Kier molecular flexibility index (Phi) is 5.37. The van der Waals surface area contributed by atoms with Gasteiger partial charge in [0.05, 0.1) is 44.8 Å². The molecule has 164 valence electrons. The van der Waals surface area contributed by atoms with Gasteiger partial charge in [-0.3, -0.25) is 9.59 Å². The van der Waals surface area contributed by atoms with Gasteiger partial charge in [-0.25, -0.2) is 4.98 Å². The summed E-state index contributed by atoms with van der Waals surface area (Å²) in [6.07, 6.45) is 4.00. The molecule has 0 unspecified atom stereocenters. The van der Waals surface area contributed by atoms with E-state index >= 15 is 0 Å². The molecule has 4 heterocycles. The molecule has 2 aromatic rings. The number of aromatic nitrogens is 2. The Morgan fingerprint density at radius 2 is 1.97 bits per heavy atom. The molecule has 0 radical (unpaired) electrons. The van der Waals surface area contributed by atoms with E-state index in [2.05, 4.69) is 16.4 Å². The minimum absolute atomic E-state index is 0.0696. The second-order valence-electron chi connectivity index (χ2n) is 8.32. The Bertz CT molecular complexity index is 974. The predicted molar refractivity (Wildman–Crippen MR) is 110 cm³/mol. The third-order valence-corrected chi connectivity index (χ3v) is 6.08. The van der Waals surface area contributed by atoms with E-state index in [0.29, 0.717) is 45.0 Å². The lowest BCUT2D eigenvalue weighted by molar-refractivity contribution is -0.130. The lowest BCUT2D eigenvalue weighted by atomic mass is 10.1. The number of nitrogens with zero attached hydrogens (tertiary/aromatic N) is 3. The SMILES string of the molecule is Cn1cncc1C(=O)NC1CO[C@H]2CN(C(=O)Cc3ccc4c(c3)CCO4)C[C@@H]2OC1. The summed E-state index contributed by atoms with van der Waals surface area (Å²) in [7, 11) is 1.77. The van der Waals surface area contributed by atoms with Gasteiger partial charge in [0.1, 0.15) is 23.7 Å². The van der Waals surface area contributed by atoms with Gasteiger partial charge < -0.3 is 29.0 Å². The Balaban J connectivity index is 1.14. The van der Waals surface area contributed by atoms with Gasteiger partial charge in [0.25, 0.3) is 5.91 Å². The molecule has 9 nitrogen and oxygen atoms in total. The van der Waals surface area contributed by atoms with Gasteiger partial charge in [-0.05, 0) is 17.2 Å². The molecule has 2 fully saturated rings. The van der Waals surface area contributed by atoms with Crippen LogP contribution in [0.5, 0.6) is 5.75 Å². The summed E-state index contributed by atoms with van der Waals surface area (Å²) in [6, 6.07) is 5.73. The standard InChI is InChI=1S/C22H26N4O5/c1-25-13-23-8-17(25)22(28)24-16-11-30-19-9-26(10-20(19)31-12-16)21(27)7-14-2-3-18-15(6-14)4-5-29-18/h2-3,6,8,13,16,19-20H,4-5,7,9-12H2,1H3,(H,24,28)/t19-,20-/m0/s1. The number of likely N-dealkylation sites (tertiary alicyclic amines) is 1. The molecule has 5 rings (SSSR count). The molecular weight excluding hydrogens is 400 g/mol. The zero-order chi connectivity index (χ0) is 21.4. The molecule has 0 saturated carbocycles. The molecular formula is C22H26N4O5. The van der Waals surface area contributed by atoms with Crippen LogP contribution in [0.4, 0.5) is 0 Å². The van der Waals surface area contributed by atoms with Crippen molar-refractivity contribution in [1.29, 1.82) is 0 Å². The summed E-state index contributed by atoms with van der Waals surface area (Å²) < 4.78 is 19.2. The van der Waals surface area contributed by atoms with E-state index in [0.717, 1.165) is 17.7 Å². The second-order valence-corrected chi connectivity index (χ2v) is 8.32. The zero-order valence-corrected chi connectivity index (χ0v) is 17.5. The van der Waals surface area contributed by atoms with Crippen molar-refractivity contribution in [1.82, 2.24) is 19.8 Å². The highest BCUT2D eigenvalue weighted by Crippen LogP contribution is 2.27. The third kappa shape index (κ3) is 4.15. The molecule has 31 heavy (non-hydrogen) atoms. The van der Waals surface area contributed by atoms with Crippen molar-refractivity contribution >= 4 is 11.8 Å². The van der Waals surface area contributed by atoms with Crippen LogP contribution in [0.2, 0.25) is 0 Å². The van der Waals surface area contributed by atoms with Crippen molar-refractivity contribution in [2.45, 2.75) is 31.1 Å². The topological polar surface area (TPSA) is 94.9 Å². The van der Waals surface area contributed by atoms with Crippen molar-refractivity contribution in [3.05, 3.63) is 47.5 Å². The minimum Gasteiger partial charge on any atom is -0.493 e. The maximum absolute atomic E-state index is 12.8. The van der Waals surface area contributed by atoms with E-state index in [-0.39, 0.29) is 30.1 Å². The quantitative estimate of drug-likeness (QED) is 0.757. The van der Waals surface area contributed by atoms with Crippen molar-refractivity contribution < 1.29 is 23.8 Å². The highest BCUT2D eigenvalue weighted by molar-refractivity contribution is 5.92. The van der Waals surface area contributed by atoms with Crippen LogP contribution < -0.4 is 10.1 Å². The van der Waals surface area contributed by atoms with Gasteiger partial charge in [0, 0.05) is 26.6 Å². The maximum atomic E-state index is 12.8. The molecule has 2 atom stereocenters. The van der Waals surface area contributed by atoms with Gasteiger partial charge in [0.15, 0.2) is 0 Å². The van der Waals surface area contributed by atoms with Crippen molar-refractivity contribution in [3.8, 4) is 5.75 Å². The number of aryl methyl sites for hydroxylation is 1. The van der Waals surface area contributed by atoms with E-state index in [9.17, 15) is 9.59 Å². The first kappa shape index (κ1) is 20.0. The highest BCUT2D eigenvalue weighted by Gasteiger charge is 2.39. The predicted octanol–water partition coefficient (Wildman–Crippen LogP) is 0.322. The zero-order valence-electron chi connectivity index (χ0n) is 17.5. The van der Waals surface area contributed by atoms with Gasteiger partial charge >= 0.3 is 0 Å². The van der Waals surface area contributed by atoms with E-state index < -0.39 is 0 Å². The maximum Gasteiger partial charge on any atom is 0.269 e. The fraction of sp³-hybridized carbons (Fsp3) is 0.500. The molecule has 1 aromatic carbocycles. The summed E-state index contributed by atoms with van der Waals surface area (Å²) >= 11 is 0. The molecule has 9 heteroatoms. The largest absolute Gasteiger partial charge is 0.493 e. The summed E-state index contributed by atoms with van der Waals surface area (Å²) in [5, 5.41) is 2.94. The molecule has 0 bridgehead atoms. The van der Waals surface area contributed by atoms with E-state index in [1.54, 1.807) is 17.9 Å². The van der Waals surface area contributed by atoms with E-state index in [1.807, 2.05) is 17.0 Å². The van der Waals surface area contributed by atoms with Crippen molar-refractivity contribution in [2.24, 2.45) is 7.05 Å². The monoisotopic (exact) mass is 426 g/mol. The fourth-order valence-electron chi connectivity index (χ4n) is 4.35. The highest BCUT2D eigenvalue weighted by atomic mass is 16.6. The molecule has 1 N–H and O–H groups in total. The summed E-state index contributed by atoms with van der Waals surface area (Å²) in [4.78, 5) is 31.0. The number of carbonyl (C=O) groups excluding carboxylic acids is 2. The number of nitrogens with one attached hydrogen (secondary N) is 1. The second kappa shape index (κ2) is 8.32. The smallest absolute Gasteiger partial charge is 0.269 e. The number of fused-ring (bicyclic) bond motifs is 2. The molecule has 0 spiro atoms. The number of rotatable bonds is 4. The lowest BCUT2D eigenvalue weighted by Gasteiger charge is -2.19. The van der Waals surface area contributed by atoms with Crippen LogP contribution in [-0.4, -0.2) is 77.4 Å². The first-order valence-corrected chi connectivity index (χ1v) is 10.6.